The molecule has 8 heteroatoms. The Balaban J connectivity index is 0.00000180. The number of guanidine groups is 1. The van der Waals surface area contributed by atoms with Gasteiger partial charge in [0.25, 0.3) is 5.91 Å². The van der Waals surface area contributed by atoms with Crippen LogP contribution >= 0.6 is 35.7 Å². The van der Waals surface area contributed by atoms with Crippen LogP contribution in [-0.4, -0.2) is 41.4 Å². The molecule has 4 N–H and O–H groups in total. The molecule has 1 aromatic heterocycles. The first-order valence-corrected chi connectivity index (χ1v) is 6.82. The number of amides is 1. The highest BCUT2D eigenvalue weighted by Crippen LogP contribution is 2.10. The van der Waals surface area contributed by atoms with Gasteiger partial charge in [-0.3, -0.25) is 4.79 Å². The number of nitrogens with two attached hydrogens (primary N) is 2. The molecule has 1 saturated heterocycles. The molecule has 1 fully saturated rings. The first-order valence-electron chi connectivity index (χ1n) is 5.66. The molecule has 1 aliphatic rings. The normalized spacial score (nSPS) is 16.0. The van der Waals surface area contributed by atoms with Crippen LogP contribution in [0.4, 0.5) is 0 Å². The molecule has 0 saturated carbocycles. The van der Waals surface area contributed by atoms with Gasteiger partial charge in [-0.15, -0.1) is 24.0 Å². The molecule has 6 nitrogen and oxygen atoms in total. The lowest BCUT2D eigenvalue weighted by Crippen LogP contribution is -2.42. The number of carbonyl (C=O) groups is 1. The number of aliphatic imine (C=N–C) groups is 1. The van der Waals surface area contributed by atoms with Gasteiger partial charge in [-0.2, -0.15) is 11.8 Å². The van der Waals surface area contributed by atoms with Crippen molar-refractivity contribution in [2.45, 2.75) is 6.54 Å². The number of carbonyl (C=O) groups excluding carboxylic acids is 1. The molecule has 0 radical (unpaired) electrons. The van der Waals surface area contributed by atoms with E-state index in [1.165, 1.54) is 6.26 Å². The highest BCUT2D eigenvalue weighted by Gasteiger charge is 2.12. The smallest absolute Gasteiger partial charge is 0.251 e. The summed E-state index contributed by atoms with van der Waals surface area (Å²) >= 11 is 1.91. The third kappa shape index (κ3) is 4.60. The van der Waals surface area contributed by atoms with Crippen molar-refractivity contribution in [2.75, 3.05) is 24.6 Å². The zero-order valence-electron chi connectivity index (χ0n) is 10.4. The van der Waals surface area contributed by atoms with Gasteiger partial charge in [0.2, 0.25) is 0 Å². The molecule has 2 heterocycles. The SMILES string of the molecule is I.NC(=O)c1coc(CN=C(N)N2CCSCC2)c1. The molecule has 106 valence electrons. The molecule has 0 unspecified atom stereocenters. The third-order valence-corrected chi connectivity index (χ3v) is 3.61. The second-order valence-electron chi connectivity index (χ2n) is 3.94. The minimum absolute atomic E-state index is 0. The van der Waals surface area contributed by atoms with E-state index in [-0.39, 0.29) is 24.0 Å². The molecule has 0 aromatic carbocycles. The standard InChI is InChI=1S/C11H16N4O2S.HI/c12-10(16)8-5-9(17-7-8)6-14-11(13)15-1-3-18-4-2-15;/h5,7H,1-4,6H2,(H2,12,16)(H2,13,14);1H. The number of hydrogen-bond acceptors (Lipinski definition) is 4. The van der Waals surface area contributed by atoms with Crippen LogP contribution in [0.1, 0.15) is 16.1 Å². The summed E-state index contributed by atoms with van der Waals surface area (Å²) in [6.45, 7) is 2.16. The number of thioether (sulfide) groups is 1. The Kier molecular flexibility index (Phi) is 6.49. The van der Waals surface area contributed by atoms with E-state index in [1.807, 2.05) is 11.8 Å². The molecule has 2 rings (SSSR count). The topological polar surface area (TPSA) is 97.8 Å². The Morgan fingerprint density at radius 1 is 1.42 bits per heavy atom. The van der Waals surface area contributed by atoms with Crippen molar-refractivity contribution in [1.29, 1.82) is 0 Å². The van der Waals surface area contributed by atoms with Crippen LogP contribution in [0, 0.1) is 0 Å². The summed E-state index contributed by atoms with van der Waals surface area (Å²) in [5, 5.41) is 0. The fraction of sp³-hybridized carbons (Fsp3) is 0.455. The fourth-order valence-corrected chi connectivity index (χ4v) is 2.55. The number of hydrogen-bond donors (Lipinski definition) is 2. The first kappa shape index (κ1) is 16.2. The Morgan fingerprint density at radius 2 is 2.11 bits per heavy atom. The molecule has 1 amide bonds. The van der Waals surface area contributed by atoms with Gasteiger partial charge >= 0.3 is 0 Å². The van der Waals surface area contributed by atoms with Crippen molar-refractivity contribution < 1.29 is 9.21 Å². The van der Waals surface area contributed by atoms with E-state index in [0.29, 0.717) is 23.8 Å². The Hall–Kier alpha value is -0.900. The lowest BCUT2D eigenvalue weighted by Gasteiger charge is -2.27. The molecule has 1 aliphatic heterocycles. The summed E-state index contributed by atoms with van der Waals surface area (Å²) in [6, 6.07) is 1.59. The number of halogens is 1. The third-order valence-electron chi connectivity index (χ3n) is 2.67. The molecule has 0 bridgehead atoms. The van der Waals surface area contributed by atoms with Gasteiger partial charge in [-0.25, -0.2) is 4.99 Å². The number of nitrogens with zero attached hydrogens (tertiary/aromatic N) is 2. The van der Waals surface area contributed by atoms with Crippen molar-refractivity contribution >= 4 is 47.6 Å². The second-order valence-corrected chi connectivity index (χ2v) is 5.16. The van der Waals surface area contributed by atoms with Crippen LogP contribution in [0.5, 0.6) is 0 Å². The van der Waals surface area contributed by atoms with Crippen LogP contribution in [0.25, 0.3) is 0 Å². The maximum absolute atomic E-state index is 10.9. The maximum Gasteiger partial charge on any atom is 0.251 e. The van der Waals surface area contributed by atoms with Crippen molar-refractivity contribution in [2.24, 2.45) is 16.5 Å². The zero-order valence-corrected chi connectivity index (χ0v) is 13.5. The first-order chi connectivity index (χ1) is 8.66. The number of primary amides is 1. The summed E-state index contributed by atoms with van der Waals surface area (Å²) in [5.41, 5.74) is 11.4. The van der Waals surface area contributed by atoms with Crippen LogP contribution in [0.15, 0.2) is 21.7 Å². The van der Waals surface area contributed by atoms with Crippen LogP contribution < -0.4 is 11.5 Å². The molecule has 1 aromatic rings. The second kappa shape index (κ2) is 7.63. The fourth-order valence-electron chi connectivity index (χ4n) is 1.64. The van der Waals surface area contributed by atoms with Gasteiger partial charge in [0.05, 0.1) is 5.56 Å². The molecular weight excluding hydrogens is 379 g/mol. The zero-order chi connectivity index (χ0) is 13.0. The van der Waals surface area contributed by atoms with E-state index < -0.39 is 5.91 Å². The summed E-state index contributed by atoms with van der Waals surface area (Å²) < 4.78 is 5.18. The van der Waals surface area contributed by atoms with E-state index in [0.717, 1.165) is 24.6 Å². The van der Waals surface area contributed by atoms with Gasteiger partial charge in [0.1, 0.15) is 18.6 Å². The van der Waals surface area contributed by atoms with E-state index in [4.69, 9.17) is 15.9 Å². The quantitative estimate of drug-likeness (QED) is 0.449. The molecular formula is C11H17IN4O2S. The molecule has 19 heavy (non-hydrogen) atoms. The van der Waals surface area contributed by atoms with Crippen molar-refractivity contribution in [1.82, 2.24) is 4.90 Å². The number of furan rings is 1. The predicted octanol–water partition coefficient (Wildman–Crippen LogP) is 0.860. The average Bonchev–Trinajstić information content (AvgIpc) is 2.86. The Morgan fingerprint density at radius 3 is 2.68 bits per heavy atom. The monoisotopic (exact) mass is 396 g/mol. The van der Waals surface area contributed by atoms with Gasteiger partial charge in [-0.05, 0) is 6.07 Å². The van der Waals surface area contributed by atoms with Crippen LogP contribution in [0.3, 0.4) is 0 Å². The summed E-state index contributed by atoms with van der Waals surface area (Å²) in [5.74, 6) is 2.74. The highest BCUT2D eigenvalue weighted by atomic mass is 127. The van der Waals surface area contributed by atoms with Gasteiger partial charge in [0, 0.05) is 24.6 Å². The van der Waals surface area contributed by atoms with Gasteiger partial charge in [0.15, 0.2) is 5.96 Å². The molecule has 0 spiro atoms. The Bertz CT molecular complexity index is 457. The molecule has 0 aliphatic carbocycles. The van der Waals surface area contributed by atoms with Crippen LogP contribution in [-0.2, 0) is 6.54 Å². The predicted molar refractivity (Wildman–Crippen MR) is 86.9 cm³/mol. The summed E-state index contributed by atoms with van der Waals surface area (Å²) in [4.78, 5) is 17.2. The van der Waals surface area contributed by atoms with E-state index >= 15 is 0 Å². The van der Waals surface area contributed by atoms with Gasteiger partial charge < -0.3 is 20.8 Å². The Labute approximate surface area is 133 Å². The lowest BCUT2D eigenvalue weighted by molar-refractivity contribution is 0.0999. The summed E-state index contributed by atoms with van der Waals surface area (Å²) in [7, 11) is 0. The van der Waals surface area contributed by atoms with Crippen molar-refractivity contribution in [3.05, 3.63) is 23.7 Å². The van der Waals surface area contributed by atoms with E-state index in [2.05, 4.69) is 9.89 Å². The van der Waals surface area contributed by atoms with Crippen molar-refractivity contribution in [3.8, 4) is 0 Å². The largest absolute Gasteiger partial charge is 0.467 e. The minimum Gasteiger partial charge on any atom is -0.467 e. The number of rotatable bonds is 3. The summed E-state index contributed by atoms with van der Waals surface area (Å²) in [6.07, 6.45) is 1.33. The van der Waals surface area contributed by atoms with E-state index in [1.54, 1.807) is 6.07 Å². The van der Waals surface area contributed by atoms with Gasteiger partial charge in [-0.1, -0.05) is 0 Å². The lowest BCUT2D eigenvalue weighted by atomic mass is 10.3. The average molecular weight is 396 g/mol. The van der Waals surface area contributed by atoms with E-state index in [9.17, 15) is 4.79 Å². The maximum atomic E-state index is 10.9. The minimum atomic E-state index is -0.505. The highest BCUT2D eigenvalue weighted by molar-refractivity contribution is 14.0. The van der Waals surface area contributed by atoms with Crippen molar-refractivity contribution in [3.63, 3.8) is 0 Å². The molecule has 0 atom stereocenters. The van der Waals surface area contributed by atoms with Crippen LogP contribution in [0.2, 0.25) is 0 Å².